The lowest BCUT2D eigenvalue weighted by Crippen LogP contribution is -2.45. The van der Waals surface area contributed by atoms with E-state index in [0.717, 1.165) is 23.5 Å². The third-order valence-electron chi connectivity index (χ3n) is 4.14. The third-order valence-corrected chi connectivity index (χ3v) is 5.03. The van der Waals surface area contributed by atoms with Gasteiger partial charge < -0.3 is 4.90 Å². The second kappa shape index (κ2) is 5.62. The van der Waals surface area contributed by atoms with Crippen LogP contribution in [0.25, 0.3) is 10.6 Å². The molecule has 3 aromatic rings. The molecular formula is C17H16N4OS. The Labute approximate surface area is 138 Å². The van der Waals surface area contributed by atoms with Crippen molar-refractivity contribution in [2.75, 3.05) is 6.54 Å². The van der Waals surface area contributed by atoms with E-state index in [-0.39, 0.29) is 11.9 Å². The molecule has 1 aliphatic rings. The van der Waals surface area contributed by atoms with Gasteiger partial charge >= 0.3 is 0 Å². The second-order valence-corrected chi connectivity index (χ2v) is 6.51. The molecule has 23 heavy (non-hydrogen) atoms. The van der Waals surface area contributed by atoms with Gasteiger partial charge in [-0.3, -0.25) is 9.48 Å². The van der Waals surface area contributed by atoms with E-state index in [1.807, 2.05) is 41.7 Å². The smallest absolute Gasteiger partial charge is 0.273 e. The molecule has 0 aliphatic carbocycles. The number of carbonyl (C=O) groups excluding carboxylic acids is 1. The molecule has 1 aromatic carbocycles. The van der Waals surface area contributed by atoms with Crippen molar-refractivity contribution in [3.05, 3.63) is 59.4 Å². The second-order valence-electron chi connectivity index (χ2n) is 5.65. The number of aryl methyl sites for hydroxylation is 1. The standard InChI is InChI=1S/C17H16N4OS/c1-20-10-13(9-18-20)16-19-14(11-23-16)17(22)21-8-7-15(21)12-5-3-2-4-6-12/h2-6,9-11,15H,7-8H2,1H3. The van der Waals surface area contributed by atoms with E-state index in [2.05, 4.69) is 22.2 Å². The number of likely N-dealkylation sites (tertiary alicyclic amines) is 1. The van der Waals surface area contributed by atoms with Crippen molar-refractivity contribution in [2.45, 2.75) is 12.5 Å². The van der Waals surface area contributed by atoms with E-state index in [1.54, 1.807) is 10.9 Å². The van der Waals surface area contributed by atoms with E-state index >= 15 is 0 Å². The summed E-state index contributed by atoms with van der Waals surface area (Å²) in [6.07, 6.45) is 4.68. The average molecular weight is 324 g/mol. The predicted molar refractivity (Wildman–Crippen MR) is 89.2 cm³/mol. The maximum Gasteiger partial charge on any atom is 0.273 e. The molecule has 4 rings (SSSR count). The number of benzene rings is 1. The number of aromatic nitrogens is 3. The summed E-state index contributed by atoms with van der Waals surface area (Å²) in [4.78, 5) is 19.1. The number of hydrogen-bond acceptors (Lipinski definition) is 4. The monoisotopic (exact) mass is 324 g/mol. The van der Waals surface area contributed by atoms with Gasteiger partial charge in [0.25, 0.3) is 5.91 Å². The van der Waals surface area contributed by atoms with E-state index < -0.39 is 0 Å². The topological polar surface area (TPSA) is 51.0 Å². The molecule has 0 radical (unpaired) electrons. The van der Waals surface area contributed by atoms with Crippen LogP contribution in [0.5, 0.6) is 0 Å². The summed E-state index contributed by atoms with van der Waals surface area (Å²) < 4.78 is 1.74. The van der Waals surface area contributed by atoms with Gasteiger partial charge in [-0.15, -0.1) is 11.3 Å². The molecule has 1 atom stereocenters. The number of rotatable bonds is 3. The predicted octanol–water partition coefficient (Wildman–Crippen LogP) is 3.13. The van der Waals surface area contributed by atoms with Gasteiger partial charge in [0.15, 0.2) is 0 Å². The van der Waals surface area contributed by atoms with Gasteiger partial charge in [-0.2, -0.15) is 5.10 Å². The van der Waals surface area contributed by atoms with Crippen molar-refractivity contribution in [1.29, 1.82) is 0 Å². The SMILES string of the molecule is Cn1cc(-c2nc(C(=O)N3CCC3c3ccccc3)cs2)cn1. The lowest BCUT2D eigenvalue weighted by Gasteiger charge is -2.41. The Morgan fingerprint density at radius 2 is 2.13 bits per heavy atom. The van der Waals surface area contributed by atoms with E-state index in [9.17, 15) is 4.79 Å². The number of nitrogens with zero attached hydrogens (tertiary/aromatic N) is 4. The van der Waals surface area contributed by atoms with Crippen molar-refractivity contribution in [3.8, 4) is 10.6 Å². The summed E-state index contributed by atoms with van der Waals surface area (Å²) >= 11 is 1.48. The summed E-state index contributed by atoms with van der Waals surface area (Å²) in [5.74, 6) is 0.0106. The van der Waals surface area contributed by atoms with Crippen LogP contribution in [0.4, 0.5) is 0 Å². The Kier molecular flexibility index (Phi) is 3.46. The van der Waals surface area contributed by atoms with Crippen molar-refractivity contribution in [1.82, 2.24) is 19.7 Å². The number of amides is 1. The van der Waals surface area contributed by atoms with Crippen LogP contribution in [0, 0.1) is 0 Å². The Bertz CT molecular complexity index is 839. The Morgan fingerprint density at radius 3 is 2.78 bits per heavy atom. The molecule has 1 aliphatic heterocycles. The molecule has 0 bridgehead atoms. The number of hydrogen-bond donors (Lipinski definition) is 0. The molecule has 6 heteroatoms. The zero-order chi connectivity index (χ0) is 15.8. The maximum atomic E-state index is 12.7. The van der Waals surface area contributed by atoms with Crippen LogP contribution >= 0.6 is 11.3 Å². The van der Waals surface area contributed by atoms with Crippen LogP contribution in [0.2, 0.25) is 0 Å². The van der Waals surface area contributed by atoms with Gasteiger partial charge in [-0.25, -0.2) is 4.98 Å². The van der Waals surface area contributed by atoms with Gasteiger partial charge in [0.1, 0.15) is 10.7 Å². The first-order valence-electron chi connectivity index (χ1n) is 7.53. The fourth-order valence-electron chi connectivity index (χ4n) is 2.84. The highest BCUT2D eigenvalue weighted by atomic mass is 32.1. The first-order valence-corrected chi connectivity index (χ1v) is 8.41. The van der Waals surface area contributed by atoms with Gasteiger partial charge in [0, 0.05) is 30.7 Å². The Morgan fingerprint density at radius 1 is 1.30 bits per heavy atom. The molecule has 0 spiro atoms. The molecule has 1 fully saturated rings. The number of thiazole rings is 1. The minimum absolute atomic E-state index is 0.0106. The van der Waals surface area contributed by atoms with Crippen LogP contribution in [-0.4, -0.2) is 32.1 Å². The molecule has 2 aromatic heterocycles. The summed E-state index contributed by atoms with van der Waals surface area (Å²) in [7, 11) is 1.87. The number of carbonyl (C=O) groups is 1. The van der Waals surface area contributed by atoms with Crippen LogP contribution in [0.1, 0.15) is 28.5 Å². The Balaban J connectivity index is 1.55. The van der Waals surface area contributed by atoms with Gasteiger partial charge in [0.05, 0.1) is 12.2 Å². The van der Waals surface area contributed by atoms with Crippen LogP contribution < -0.4 is 0 Å². The van der Waals surface area contributed by atoms with Gasteiger partial charge in [-0.1, -0.05) is 30.3 Å². The minimum Gasteiger partial charge on any atom is -0.330 e. The fourth-order valence-corrected chi connectivity index (χ4v) is 3.60. The average Bonchev–Trinajstić information content (AvgIpc) is 3.16. The summed E-state index contributed by atoms with van der Waals surface area (Å²) in [5, 5.41) is 6.82. The lowest BCUT2D eigenvalue weighted by molar-refractivity contribution is 0.0455. The molecule has 1 unspecified atom stereocenters. The summed E-state index contributed by atoms with van der Waals surface area (Å²) in [6, 6.07) is 10.3. The van der Waals surface area contributed by atoms with Crippen molar-refractivity contribution in [3.63, 3.8) is 0 Å². The molecule has 1 amide bonds. The molecular weight excluding hydrogens is 308 g/mol. The van der Waals surface area contributed by atoms with Crippen molar-refractivity contribution in [2.24, 2.45) is 7.05 Å². The molecule has 116 valence electrons. The lowest BCUT2D eigenvalue weighted by atomic mass is 9.94. The quantitative estimate of drug-likeness (QED) is 0.744. The molecule has 0 N–H and O–H groups in total. The molecule has 1 saturated heterocycles. The highest BCUT2D eigenvalue weighted by Crippen LogP contribution is 2.35. The van der Waals surface area contributed by atoms with E-state index in [4.69, 9.17) is 0 Å². The highest BCUT2D eigenvalue weighted by molar-refractivity contribution is 7.13. The Hall–Kier alpha value is -2.47. The maximum absolute atomic E-state index is 12.7. The molecule has 3 heterocycles. The van der Waals surface area contributed by atoms with Crippen molar-refractivity contribution >= 4 is 17.2 Å². The van der Waals surface area contributed by atoms with Gasteiger partial charge in [-0.05, 0) is 12.0 Å². The van der Waals surface area contributed by atoms with Crippen LogP contribution in [-0.2, 0) is 7.05 Å². The minimum atomic E-state index is 0.0106. The molecule has 0 saturated carbocycles. The third kappa shape index (κ3) is 2.55. The van der Waals surface area contributed by atoms with Gasteiger partial charge in [0.2, 0.25) is 0 Å². The van der Waals surface area contributed by atoms with E-state index in [0.29, 0.717) is 5.69 Å². The highest BCUT2D eigenvalue weighted by Gasteiger charge is 2.34. The molecule has 5 nitrogen and oxygen atoms in total. The zero-order valence-corrected chi connectivity index (χ0v) is 13.5. The van der Waals surface area contributed by atoms with E-state index in [1.165, 1.54) is 16.9 Å². The van der Waals surface area contributed by atoms with Crippen LogP contribution in [0.15, 0.2) is 48.1 Å². The summed E-state index contributed by atoms with van der Waals surface area (Å²) in [6.45, 7) is 0.790. The zero-order valence-electron chi connectivity index (χ0n) is 12.7. The first-order chi connectivity index (χ1) is 11.2. The first kappa shape index (κ1) is 14.1. The van der Waals surface area contributed by atoms with Crippen molar-refractivity contribution < 1.29 is 4.79 Å². The van der Waals surface area contributed by atoms with Crippen LogP contribution in [0.3, 0.4) is 0 Å². The fraction of sp³-hybridized carbons (Fsp3) is 0.235. The largest absolute Gasteiger partial charge is 0.330 e. The normalized spacial score (nSPS) is 17.1. The summed E-state index contributed by atoms with van der Waals surface area (Å²) in [5.41, 5.74) is 2.66.